The zero-order valence-corrected chi connectivity index (χ0v) is 17.1. The molecule has 31 heavy (non-hydrogen) atoms. The lowest BCUT2D eigenvalue weighted by molar-refractivity contribution is -0.120. The van der Waals surface area contributed by atoms with E-state index in [4.69, 9.17) is 11.6 Å². The molecule has 1 amide bonds. The summed E-state index contributed by atoms with van der Waals surface area (Å²) in [5.74, 6) is -2.07. The van der Waals surface area contributed by atoms with Crippen LogP contribution in [-0.2, 0) is 4.79 Å². The first-order valence-electron chi connectivity index (χ1n) is 9.78. The van der Waals surface area contributed by atoms with Gasteiger partial charge in [-0.3, -0.25) is 9.59 Å². The van der Waals surface area contributed by atoms with Crippen LogP contribution in [0.15, 0.2) is 59.4 Å². The first-order valence-corrected chi connectivity index (χ1v) is 10.2. The third-order valence-corrected chi connectivity index (χ3v) is 5.38. The number of nitrogens with zero attached hydrogens (tertiary/aromatic N) is 3. The Kier molecular flexibility index (Phi) is 5.99. The SMILES string of the molecule is O=C(Nc1ccc(F)c(F)c1)C1CCCN(c2ccc(=O)n(-c3cccc(Cl)c3)n2)C1. The standard InChI is InChI=1S/C22H19ClF2N4O2/c23-15-4-1-5-17(11-15)29-21(30)9-8-20(27-29)28-10-2-3-14(13-28)22(31)26-16-6-7-18(24)19(25)12-16/h1,4-9,11-12,14H,2-3,10,13H2,(H,26,31). The van der Waals surface area contributed by atoms with E-state index >= 15 is 0 Å². The van der Waals surface area contributed by atoms with Crippen LogP contribution in [0, 0.1) is 17.6 Å². The molecule has 1 saturated heterocycles. The Labute approximate surface area is 182 Å². The van der Waals surface area contributed by atoms with E-state index in [0.717, 1.165) is 18.6 Å². The van der Waals surface area contributed by atoms with Crippen molar-refractivity contribution in [2.24, 2.45) is 5.92 Å². The summed E-state index contributed by atoms with van der Waals surface area (Å²) in [7, 11) is 0. The van der Waals surface area contributed by atoms with Crippen molar-refractivity contribution in [3.63, 3.8) is 0 Å². The van der Waals surface area contributed by atoms with E-state index < -0.39 is 11.6 Å². The van der Waals surface area contributed by atoms with Gasteiger partial charge < -0.3 is 10.2 Å². The van der Waals surface area contributed by atoms with E-state index in [9.17, 15) is 18.4 Å². The largest absolute Gasteiger partial charge is 0.354 e. The number of nitrogens with one attached hydrogen (secondary N) is 1. The van der Waals surface area contributed by atoms with Crippen LogP contribution in [0.1, 0.15) is 12.8 Å². The summed E-state index contributed by atoms with van der Waals surface area (Å²) in [4.78, 5) is 26.9. The number of rotatable bonds is 4. The van der Waals surface area contributed by atoms with E-state index in [2.05, 4.69) is 10.4 Å². The van der Waals surface area contributed by atoms with Gasteiger partial charge in [0.15, 0.2) is 11.6 Å². The van der Waals surface area contributed by atoms with Gasteiger partial charge in [0.05, 0.1) is 11.6 Å². The molecule has 2 heterocycles. The molecule has 4 rings (SSSR count). The van der Waals surface area contributed by atoms with Gasteiger partial charge in [-0.2, -0.15) is 4.68 Å². The van der Waals surface area contributed by atoms with Crippen LogP contribution in [0.25, 0.3) is 5.69 Å². The molecule has 0 bridgehead atoms. The van der Waals surface area contributed by atoms with E-state index in [1.165, 1.54) is 16.8 Å². The number of hydrogen-bond donors (Lipinski definition) is 1. The van der Waals surface area contributed by atoms with Crippen molar-refractivity contribution in [3.05, 3.63) is 81.6 Å². The number of anilines is 2. The summed E-state index contributed by atoms with van der Waals surface area (Å²) >= 11 is 6.03. The maximum absolute atomic E-state index is 13.4. The fraction of sp³-hybridized carbons (Fsp3) is 0.227. The first kappa shape index (κ1) is 21.0. The molecule has 0 radical (unpaired) electrons. The van der Waals surface area contributed by atoms with Crippen LogP contribution >= 0.6 is 11.6 Å². The zero-order valence-electron chi connectivity index (χ0n) is 16.4. The van der Waals surface area contributed by atoms with Crippen molar-refractivity contribution in [3.8, 4) is 5.69 Å². The molecule has 1 aliphatic heterocycles. The third kappa shape index (κ3) is 4.74. The number of carbonyl (C=O) groups excluding carboxylic acids is 1. The molecule has 0 spiro atoms. The average molecular weight is 445 g/mol. The van der Waals surface area contributed by atoms with Crippen molar-refractivity contribution in [1.82, 2.24) is 9.78 Å². The van der Waals surface area contributed by atoms with Crippen molar-refractivity contribution in [1.29, 1.82) is 0 Å². The van der Waals surface area contributed by atoms with Crippen molar-refractivity contribution < 1.29 is 13.6 Å². The van der Waals surface area contributed by atoms with Gasteiger partial charge in [-0.05, 0) is 49.2 Å². The fourth-order valence-electron chi connectivity index (χ4n) is 3.58. The van der Waals surface area contributed by atoms with Gasteiger partial charge in [-0.1, -0.05) is 17.7 Å². The molecule has 1 N–H and O–H groups in total. The topological polar surface area (TPSA) is 67.2 Å². The Bertz CT molecular complexity index is 1180. The second-order valence-electron chi connectivity index (χ2n) is 7.32. The lowest BCUT2D eigenvalue weighted by atomic mass is 9.97. The maximum Gasteiger partial charge on any atom is 0.271 e. The smallest absolute Gasteiger partial charge is 0.271 e. The Balaban J connectivity index is 1.52. The molecular formula is C22H19ClF2N4O2. The van der Waals surface area contributed by atoms with Gasteiger partial charge in [0.25, 0.3) is 5.56 Å². The second-order valence-corrected chi connectivity index (χ2v) is 7.76. The molecule has 6 nitrogen and oxygen atoms in total. The van der Waals surface area contributed by atoms with Crippen molar-refractivity contribution >= 4 is 29.0 Å². The molecule has 3 aromatic rings. The summed E-state index contributed by atoms with van der Waals surface area (Å²) < 4.78 is 27.8. The molecule has 1 unspecified atom stereocenters. The fourth-order valence-corrected chi connectivity index (χ4v) is 3.76. The van der Waals surface area contributed by atoms with Crippen LogP contribution in [0.4, 0.5) is 20.3 Å². The normalized spacial score (nSPS) is 16.2. The molecule has 0 saturated carbocycles. The van der Waals surface area contributed by atoms with Crippen LogP contribution in [0.2, 0.25) is 5.02 Å². The van der Waals surface area contributed by atoms with E-state index in [1.54, 1.807) is 30.3 Å². The van der Waals surface area contributed by atoms with Gasteiger partial charge in [0.1, 0.15) is 5.82 Å². The van der Waals surface area contributed by atoms with Gasteiger partial charge in [-0.25, -0.2) is 8.78 Å². The molecule has 1 aromatic heterocycles. The summed E-state index contributed by atoms with van der Waals surface area (Å²) in [6, 6.07) is 13.1. The van der Waals surface area contributed by atoms with Crippen LogP contribution in [-0.4, -0.2) is 28.8 Å². The van der Waals surface area contributed by atoms with Crippen LogP contribution in [0.3, 0.4) is 0 Å². The number of benzene rings is 2. The number of hydrogen-bond acceptors (Lipinski definition) is 4. The minimum absolute atomic E-state index is 0.202. The van der Waals surface area contributed by atoms with Gasteiger partial charge >= 0.3 is 0 Å². The monoisotopic (exact) mass is 444 g/mol. The Morgan fingerprint density at radius 1 is 1.10 bits per heavy atom. The number of aromatic nitrogens is 2. The lowest BCUT2D eigenvalue weighted by Crippen LogP contribution is -2.41. The molecule has 1 atom stereocenters. The highest BCUT2D eigenvalue weighted by molar-refractivity contribution is 6.30. The number of amides is 1. The third-order valence-electron chi connectivity index (χ3n) is 5.14. The van der Waals surface area contributed by atoms with E-state index in [0.29, 0.717) is 36.0 Å². The minimum Gasteiger partial charge on any atom is -0.354 e. The molecule has 1 fully saturated rings. The van der Waals surface area contributed by atoms with Crippen molar-refractivity contribution in [2.45, 2.75) is 12.8 Å². The molecule has 160 valence electrons. The Morgan fingerprint density at radius 2 is 1.94 bits per heavy atom. The molecule has 1 aliphatic rings. The molecule has 9 heteroatoms. The molecular weight excluding hydrogens is 426 g/mol. The lowest BCUT2D eigenvalue weighted by Gasteiger charge is -2.32. The Hall–Kier alpha value is -3.26. The quantitative estimate of drug-likeness (QED) is 0.660. The van der Waals surface area contributed by atoms with Crippen LogP contribution < -0.4 is 15.8 Å². The number of halogens is 3. The van der Waals surface area contributed by atoms with Gasteiger partial charge in [0.2, 0.25) is 5.91 Å². The predicted octanol–water partition coefficient (Wildman–Crippen LogP) is 4.02. The summed E-state index contributed by atoms with van der Waals surface area (Å²) in [5, 5.41) is 7.59. The first-order chi connectivity index (χ1) is 14.9. The maximum atomic E-state index is 13.4. The number of piperidine rings is 1. The molecule has 0 aliphatic carbocycles. The van der Waals surface area contributed by atoms with E-state index in [-0.39, 0.29) is 23.1 Å². The highest BCUT2D eigenvalue weighted by Crippen LogP contribution is 2.23. The summed E-state index contributed by atoms with van der Waals surface area (Å²) in [6.07, 6.45) is 1.40. The van der Waals surface area contributed by atoms with Crippen molar-refractivity contribution in [2.75, 3.05) is 23.3 Å². The number of carbonyl (C=O) groups is 1. The highest BCUT2D eigenvalue weighted by atomic mass is 35.5. The van der Waals surface area contributed by atoms with Crippen LogP contribution in [0.5, 0.6) is 0 Å². The Morgan fingerprint density at radius 3 is 2.71 bits per heavy atom. The average Bonchev–Trinajstić information content (AvgIpc) is 2.77. The predicted molar refractivity (Wildman–Crippen MR) is 115 cm³/mol. The van der Waals surface area contributed by atoms with E-state index in [1.807, 2.05) is 4.90 Å². The highest BCUT2D eigenvalue weighted by Gasteiger charge is 2.27. The van der Waals surface area contributed by atoms with Gasteiger partial charge in [-0.15, -0.1) is 5.10 Å². The second kappa shape index (κ2) is 8.85. The van der Waals surface area contributed by atoms with Gasteiger partial charge in [0, 0.05) is 35.9 Å². The summed E-state index contributed by atoms with van der Waals surface area (Å²) in [5.41, 5.74) is 0.452. The minimum atomic E-state index is -1.02. The summed E-state index contributed by atoms with van der Waals surface area (Å²) in [6.45, 7) is 1.06. The zero-order chi connectivity index (χ0) is 22.0. The molecule has 2 aromatic carbocycles.